The van der Waals surface area contributed by atoms with E-state index in [0.29, 0.717) is 12.0 Å². The molecule has 2 nitrogen and oxygen atoms in total. The first-order valence-electron chi connectivity index (χ1n) is 6.37. The molecule has 1 heterocycles. The Kier molecular flexibility index (Phi) is 5.47. The molecule has 1 atom stereocenters. The highest BCUT2D eigenvalue weighted by molar-refractivity contribution is 5.23. The van der Waals surface area contributed by atoms with Gasteiger partial charge in [0.1, 0.15) is 0 Å². The number of hydrogen-bond acceptors (Lipinski definition) is 2. The predicted octanol–water partition coefficient (Wildman–Crippen LogP) is 3.34. The van der Waals surface area contributed by atoms with Crippen molar-refractivity contribution < 1.29 is 0 Å². The van der Waals surface area contributed by atoms with Crippen molar-refractivity contribution in [2.75, 3.05) is 6.54 Å². The van der Waals surface area contributed by atoms with E-state index in [1.807, 2.05) is 12.3 Å². The Balaban J connectivity index is 2.91. The molecule has 1 N–H and O–H groups in total. The van der Waals surface area contributed by atoms with Gasteiger partial charge in [0.15, 0.2) is 0 Å². The highest BCUT2D eigenvalue weighted by atomic mass is 14.9. The molecule has 0 radical (unpaired) electrons. The minimum Gasteiger partial charge on any atom is -0.308 e. The first-order chi connectivity index (χ1) is 7.70. The summed E-state index contributed by atoms with van der Waals surface area (Å²) in [5.41, 5.74) is 2.60. The van der Waals surface area contributed by atoms with Crippen LogP contribution in [0.1, 0.15) is 51.4 Å². The molecular weight excluding hydrogens is 196 g/mol. The van der Waals surface area contributed by atoms with Gasteiger partial charge in [-0.25, -0.2) is 0 Å². The molecule has 1 aromatic rings. The zero-order valence-corrected chi connectivity index (χ0v) is 11.0. The van der Waals surface area contributed by atoms with Crippen LogP contribution in [0.2, 0.25) is 0 Å². The summed E-state index contributed by atoms with van der Waals surface area (Å²) < 4.78 is 0. The van der Waals surface area contributed by atoms with Gasteiger partial charge in [-0.1, -0.05) is 33.8 Å². The van der Waals surface area contributed by atoms with Gasteiger partial charge >= 0.3 is 0 Å². The monoisotopic (exact) mass is 220 g/mol. The van der Waals surface area contributed by atoms with Gasteiger partial charge in [0.25, 0.3) is 0 Å². The zero-order valence-electron chi connectivity index (χ0n) is 11.0. The summed E-state index contributed by atoms with van der Waals surface area (Å²) in [4.78, 5) is 4.56. The fraction of sp³-hybridized carbons (Fsp3) is 0.643. The largest absolute Gasteiger partial charge is 0.308 e. The highest BCUT2D eigenvalue weighted by Gasteiger charge is 2.18. The minimum atomic E-state index is 0.385. The SMILES string of the molecule is CCCNC(c1ncccc1CC)C(C)C. The molecule has 0 aliphatic carbocycles. The van der Waals surface area contributed by atoms with Crippen LogP contribution in [0, 0.1) is 5.92 Å². The number of nitrogens with one attached hydrogen (secondary N) is 1. The number of rotatable bonds is 6. The Bertz CT molecular complexity index is 307. The van der Waals surface area contributed by atoms with E-state index in [9.17, 15) is 0 Å². The van der Waals surface area contributed by atoms with Crippen LogP contribution in [0.3, 0.4) is 0 Å². The first-order valence-corrected chi connectivity index (χ1v) is 6.37. The highest BCUT2D eigenvalue weighted by Crippen LogP contribution is 2.23. The molecule has 90 valence electrons. The van der Waals surface area contributed by atoms with Crippen LogP contribution in [-0.2, 0) is 6.42 Å². The van der Waals surface area contributed by atoms with Gasteiger partial charge in [-0.15, -0.1) is 0 Å². The van der Waals surface area contributed by atoms with Crippen LogP contribution >= 0.6 is 0 Å². The molecule has 0 amide bonds. The third-order valence-corrected chi connectivity index (χ3v) is 2.88. The number of aryl methyl sites for hydroxylation is 1. The van der Waals surface area contributed by atoms with Crippen LogP contribution in [-0.4, -0.2) is 11.5 Å². The Morgan fingerprint density at radius 3 is 2.62 bits per heavy atom. The van der Waals surface area contributed by atoms with Crippen LogP contribution < -0.4 is 5.32 Å². The molecule has 0 aromatic carbocycles. The molecule has 0 aliphatic rings. The first kappa shape index (κ1) is 13.2. The third kappa shape index (κ3) is 3.31. The third-order valence-electron chi connectivity index (χ3n) is 2.88. The van der Waals surface area contributed by atoms with E-state index >= 15 is 0 Å². The van der Waals surface area contributed by atoms with E-state index in [4.69, 9.17) is 0 Å². The lowest BCUT2D eigenvalue weighted by Gasteiger charge is -2.23. The Morgan fingerprint density at radius 2 is 2.06 bits per heavy atom. The van der Waals surface area contributed by atoms with Gasteiger partial charge < -0.3 is 5.32 Å². The molecule has 0 saturated heterocycles. The van der Waals surface area contributed by atoms with E-state index in [1.165, 1.54) is 11.3 Å². The van der Waals surface area contributed by atoms with Crippen molar-refractivity contribution in [2.45, 2.75) is 46.6 Å². The van der Waals surface area contributed by atoms with Crippen LogP contribution in [0.4, 0.5) is 0 Å². The Morgan fingerprint density at radius 1 is 1.31 bits per heavy atom. The molecule has 2 heteroatoms. The molecule has 0 saturated carbocycles. The van der Waals surface area contributed by atoms with E-state index in [2.05, 4.69) is 44.1 Å². The summed E-state index contributed by atoms with van der Waals surface area (Å²) in [5, 5.41) is 3.60. The smallest absolute Gasteiger partial charge is 0.0607 e. The molecule has 0 bridgehead atoms. The Hall–Kier alpha value is -0.890. The van der Waals surface area contributed by atoms with E-state index < -0.39 is 0 Å². The molecule has 0 fully saturated rings. The van der Waals surface area contributed by atoms with Gasteiger partial charge in [0.05, 0.1) is 11.7 Å². The predicted molar refractivity (Wildman–Crippen MR) is 69.5 cm³/mol. The lowest BCUT2D eigenvalue weighted by Crippen LogP contribution is -2.28. The van der Waals surface area contributed by atoms with Gasteiger partial charge in [-0.05, 0) is 36.9 Å². The molecular formula is C14H24N2. The molecule has 1 aromatic heterocycles. The normalized spacial score (nSPS) is 13.1. The van der Waals surface area contributed by atoms with Crippen molar-refractivity contribution in [2.24, 2.45) is 5.92 Å². The number of nitrogens with zero attached hydrogens (tertiary/aromatic N) is 1. The van der Waals surface area contributed by atoms with Crippen molar-refractivity contribution in [1.29, 1.82) is 0 Å². The van der Waals surface area contributed by atoms with Gasteiger partial charge in [0.2, 0.25) is 0 Å². The molecule has 1 rings (SSSR count). The lowest BCUT2D eigenvalue weighted by molar-refractivity contribution is 0.402. The summed E-state index contributed by atoms with van der Waals surface area (Å²) in [6, 6.07) is 4.60. The summed E-state index contributed by atoms with van der Waals surface area (Å²) >= 11 is 0. The minimum absolute atomic E-state index is 0.385. The van der Waals surface area contributed by atoms with Crippen LogP contribution in [0.25, 0.3) is 0 Å². The van der Waals surface area contributed by atoms with Crippen molar-refractivity contribution in [3.63, 3.8) is 0 Å². The molecule has 16 heavy (non-hydrogen) atoms. The molecule has 0 aliphatic heterocycles. The fourth-order valence-electron chi connectivity index (χ4n) is 1.98. The number of pyridine rings is 1. The summed E-state index contributed by atoms with van der Waals surface area (Å²) in [7, 11) is 0. The number of aromatic nitrogens is 1. The number of hydrogen-bond donors (Lipinski definition) is 1. The zero-order chi connectivity index (χ0) is 12.0. The maximum absolute atomic E-state index is 4.56. The van der Waals surface area contributed by atoms with Crippen molar-refractivity contribution >= 4 is 0 Å². The van der Waals surface area contributed by atoms with Gasteiger partial charge in [-0.3, -0.25) is 4.98 Å². The molecule has 0 spiro atoms. The summed E-state index contributed by atoms with van der Waals surface area (Å²) in [5.74, 6) is 0.576. The average Bonchev–Trinajstić information content (AvgIpc) is 2.29. The van der Waals surface area contributed by atoms with Crippen LogP contribution in [0.5, 0.6) is 0 Å². The Labute approximate surface area is 99.5 Å². The summed E-state index contributed by atoms with van der Waals surface area (Å²) in [6.45, 7) is 9.95. The van der Waals surface area contributed by atoms with Gasteiger partial charge in [-0.2, -0.15) is 0 Å². The second-order valence-electron chi connectivity index (χ2n) is 4.58. The standard InChI is InChI=1S/C14H24N2/c1-5-9-15-13(11(3)4)14-12(6-2)8-7-10-16-14/h7-8,10-11,13,15H,5-6,9H2,1-4H3. The van der Waals surface area contributed by atoms with Crippen LogP contribution in [0.15, 0.2) is 18.3 Å². The maximum atomic E-state index is 4.56. The van der Waals surface area contributed by atoms with E-state index in [0.717, 1.165) is 19.4 Å². The van der Waals surface area contributed by atoms with E-state index in [1.54, 1.807) is 0 Å². The molecule has 1 unspecified atom stereocenters. The van der Waals surface area contributed by atoms with E-state index in [-0.39, 0.29) is 0 Å². The van der Waals surface area contributed by atoms with Crippen molar-refractivity contribution in [1.82, 2.24) is 10.3 Å². The second kappa shape index (κ2) is 6.64. The fourth-order valence-corrected chi connectivity index (χ4v) is 1.98. The maximum Gasteiger partial charge on any atom is 0.0607 e. The average molecular weight is 220 g/mol. The summed E-state index contributed by atoms with van der Waals surface area (Å²) in [6.07, 6.45) is 4.12. The lowest BCUT2D eigenvalue weighted by atomic mass is 9.96. The topological polar surface area (TPSA) is 24.9 Å². The quantitative estimate of drug-likeness (QED) is 0.795. The van der Waals surface area contributed by atoms with Crippen molar-refractivity contribution in [3.05, 3.63) is 29.6 Å². The van der Waals surface area contributed by atoms with Gasteiger partial charge in [0, 0.05) is 6.20 Å². The van der Waals surface area contributed by atoms with Crippen molar-refractivity contribution in [3.8, 4) is 0 Å². The second-order valence-corrected chi connectivity index (χ2v) is 4.58.